The van der Waals surface area contributed by atoms with Crippen LogP contribution in [0.4, 0.5) is 0 Å². The highest BCUT2D eigenvalue weighted by atomic mass is 32.2. The van der Waals surface area contributed by atoms with Crippen molar-refractivity contribution in [1.82, 2.24) is 4.98 Å². The van der Waals surface area contributed by atoms with Gasteiger partial charge in [0, 0.05) is 21.4 Å². The van der Waals surface area contributed by atoms with Crippen LogP contribution in [0.1, 0.15) is 43.0 Å². The summed E-state index contributed by atoms with van der Waals surface area (Å²) in [7, 11) is 0. The Morgan fingerprint density at radius 2 is 1.66 bits per heavy atom. The second-order valence-electron chi connectivity index (χ2n) is 9.61. The zero-order valence-electron chi connectivity index (χ0n) is 20.2. The first-order chi connectivity index (χ1) is 16.8. The maximum absolute atomic E-state index is 12.7. The van der Waals surface area contributed by atoms with Crippen molar-refractivity contribution in [3.63, 3.8) is 0 Å². The Labute approximate surface area is 209 Å². The first kappa shape index (κ1) is 23.1. The minimum Gasteiger partial charge on any atom is -0.402 e. The number of pyridine rings is 1. The van der Waals surface area contributed by atoms with Crippen LogP contribution in [0.5, 0.6) is 0 Å². The number of para-hydroxylation sites is 1. The number of ether oxygens (including phenoxy) is 1. The van der Waals surface area contributed by atoms with E-state index in [1.165, 1.54) is 5.56 Å². The van der Waals surface area contributed by atoms with Crippen LogP contribution in [-0.2, 0) is 14.9 Å². The Morgan fingerprint density at radius 3 is 2.37 bits per heavy atom. The van der Waals surface area contributed by atoms with Crippen LogP contribution in [0.25, 0.3) is 17.0 Å². The van der Waals surface area contributed by atoms with Crippen LogP contribution in [-0.4, -0.2) is 16.9 Å². The highest BCUT2D eigenvalue weighted by molar-refractivity contribution is 7.99. The minimum atomic E-state index is -0.458. The van der Waals surface area contributed by atoms with Crippen molar-refractivity contribution in [2.45, 2.75) is 43.0 Å². The van der Waals surface area contributed by atoms with Crippen LogP contribution in [0.2, 0.25) is 0 Å². The fraction of sp³-hybridized carbons (Fsp3) is 0.167. The number of aromatic nitrogens is 1. The zero-order chi connectivity index (χ0) is 24.6. The van der Waals surface area contributed by atoms with Gasteiger partial charge in [-0.2, -0.15) is 0 Å². The van der Waals surface area contributed by atoms with Crippen molar-refractivity contribution in [2.75, 3.05) is 0 Å². The van der Waals surface area contributed by atoms with Crippen molar-refractivity contribution >= 4 is 40.6 Å². The summed E-state index contributed by atoms with van der Waals surface area (Å²) in [6, 6.07) is 26.3. The molecule has 0 spiro atoms. The van der Waals surface area contributed by atoms with E-state index in [0.29, 0.717) is 5.90 Å². The van der Waals surface area contributed by atoms with Gasteiger partial charge in [-0.1, -0.05) is 81.1 Å². The molecule has 0 bridgehead atoms. The molecule has 35 heavy (non-hydrogen) atoms. The molecule has 3 aromatic carbocycles. The van der Waals surface area contributed by atoms with Crippen molar-refractivity contribution in [2.24, 2.45) is 4.99 Å². The van der Waals surface area contributed by atoms with E-state index in [2.05, 4.69) is 57.0 Å². The normalized spacial score (nSPS) is 14.9. The van der Waals surface area contributed by atoms with E-state index in [0.717, 1.165) is 37.5 Å². The largest absolute Gasteiger partial charge is 0.402 e. The Bertz CT molecular complexity index is 1480. The molecular formula is C30H26N2O2S. The molecule has 5 rings (SSSR count). The van der Waals surface area contributed by atoms with E-state index in [4.69, 9.17) is 9.72 Å². The summed E-state index contributed by atoms with van der Waals surface area (Å²) in [5, 5.41) is 1.83. The lowest BCUT2D eigenvalue weighted by molar-refractivity contribution is -0.129. The lowest BCUT2D eigenvalue weighted by atomic mass is 9.87. The maximum Gasteiger partial charge on any atom is 0.363 e. The van der Waals surface area contributed by atoms with E-state index >= 15 is 0 Å². The molecule has 0 radical (unpaired) electrons. The number of fused-ring (bicyclic) bond motifs is 1. The Morgan fingerprint density at radius 1 is 0.914 bits per heavy atom. The highest BCUT2D eigenvalue weighted by Gasteiger charge is 2.25. The number of esters is 1. The zero-order valence-corrected chi connectivity index (χ0v) is 21.0. The van der Waals surface area contributed by atoms with E-state index in [1.54, 1.807) is 17.8 Å². The SMILES string of the molecule is Cc1cccc2cc(C=C3N=C(c4ccc(C(C)(C)C)cc4)OC3=O)c(Sc3ccccc3)nc12. The van der Waals surface area contributed by atoms with Gasteiger partial charge in [0.05, 0.1) is 5.52 Å². The van der Waals surface area contributed by atoms with Crippen LogP contribution in [0.3, 0.4) is 0 Å². The molecule has 4 aromatic rings. The van der Waals surface area contributed by atoms with Gasteiger partial charge in [0.1, 0.15) is 5.03 Å². The maximum atomic E-state index is 12.7. The predicted octanol–water partition coefficient (Wildman–Crippen LogP) is 7.34. The molecule has 2 heterocycles. The molecule has 0 saturated heterocycles. The third kappa shape index (κ3) is 4.91. The summed E-state index contributed by atoms with van der Waals surface area (Å²) in [4.78, 5) is 23.3. The number of carbonyl (C=O) groups is 1. The highest BCUT2D eigenvalue weighted by Crippen LogP contribution is 2.34. The summed E-state index contributed by atoms with van der Waals surface area (Å²) in [5.41, 5.74) is 5.19. The number of hydrogen-bond acceptors (Lipinski definition) is 5. The van der Waals surface area contributed by atoms with Crippen LogP contribution >= 0.6 is 11.8 Å². The van der Waals surface area contributed by atoms with Crippen molar-refractivity contribution in [1.29, 1.82) is 0 Å². The van der Waals surface area contributed by atoms with Gasteiger partial charge in [-0.3, -0.25) is 0 Å². The summed E-state index contributed by atoms with van der Waals surface area (Å²) >= 11 is 1.57. The van der Waals surface area contributed by atoms with Crippen molar-refractivity contribution < 1.29 is 9.53 Å². The van der Waals surface area contributed by atoms with E-state index in [1.807, 2.05) is 54.6 Å². The fourth-order valence-corrected chi connectivity index (χ4v) is 4.81. The molecule has 0 N–H and O–H groups in total. The average molecular weight is 479 g/mol. The third-order valence-corrected chi connectivity index (χ3v) is 6.94. The topological polar surface area (TPSA) is 51.5 Å². The van der Waals surface area contributed by atoms with Crippen LogP contribution in [0, 0.1) is 6.92 Å². The number of rotatable bonds is 4. The second kappa shape index (κ2) is 9.16. The van der Waals surface area contributed by atoms with Gasteiger partial charge in [-0.15, -0.1) is 0 Å². The van der Waals surface area contributed by atoms with Crippen molar-refractivity contribution in [3.05, 3.63) is 107 Å². The average Bonchev–Trinajstić information content (AvgIpc) is 3.20. The number of aliphatic imine (C=N–C) groups is 1. The van der Waals surface area contributed by atoms with Gasteiger partial charge < -0.3 is 4.74 Å². The third-order valence-electron chi connectivity index (χ3n) is 5.91. The molecule has 0 aliphatic carbocycles. The number of nitrogens with zero attached hydrogens (tertiary/aromatic N) is 2. The summed E-state index contributed by atoms with van der Waals surface area (Å²) in [6.45, 7) is 8.56. The van der Waals surface area contributed by atoms with Gasteiger partial charge in [0.2, 0.25) is 5.90 Å². The van der Waals surface area contributed by atoms with Crippen molar-refractivity contribution in [3.8, 4) is 0 Å². The Balaban J connectivity index is 1.55. The molecule has 0 amide bonds. The molecule has 1 aliphatic rings. The smallest absolute Gasteiger partial charge is 0.363 e. The Hall–Kier alpha value is -3.70. The predicted molar refractivity (Wildman–Crippen MR) is 143 cm³/mol. The van der Waals surface area contributed by atoms with Crippen LogP contribution in [0.15, 0.2) is 99.5 Å². The Kier molecular flexibility index (Phi) is 6.03. The number of aryl methyl sites for hydroxylation is 1. The lowest BCUT2D eigenvalue weighted by Crippen LogP contribution is -2.11. The molecular weight excluding hydrogens is 452 g/mol. The molecule has 5 heteroatoms. The molecule has 0 unspecified atom stereocenters. The molecule has 1 aromatic heterocycles. The molecule has 0 saturated carbocycles. The van der Waals surface area contributed by atoms with E-state index < -0.39 is 5.97 Å². The lowest BCUT2D eigenvalue weighted by Gasteiger charge is -2.18. The van der Waals surface area contributed by atoms with Crippen LogP contribution < -0.4 is 0 Å². The van der Waals surface area contributed by atoms with E-state index in [9.17, 15) is 4.79 Å². The van der Waals surface area contributed by atoms with Gasteiger partial charge in [0.25, 0.3) is 0 Å². The monoisotopic (exact) mass is 478 g/mol. The molecule has 1 aliphatic heterocycles. The quantitative estimate of drug-likeness (QED) is 0.227. The van der Waals surface area contributed by atoms with E-state index in [-0.39, 0.29) is 11.1 Å². The summed E-state index contributed by atoms with van der Waals surface area (Å²) in [6.07, 6.45) is 1.78. The molecule has 4 nitrogen and oxygen atoms in total. The molecule has 0 fully saturated rings. The molecule has 174 valence electrons. The first-order valence-corrected chi connectivity index (χ1v) is 12.4. The van der Waals surface area contributed by atoms with Gasteiger partial charge in [-0.05, 0) is 59.9 Å². The van der Waals surface area contributed by atoms with Gasteiger partial charge in [0.15, 0.2) is 5.70 Å². The van der Waals surface area contributed by atoms with Gasteiger partial charge in [-0.25, -0.2) is 14.8 Å². The van der Waals surface area contributed by atoms with Gasteiger partial charge >= 0.3 is 5.97 Å². The number of carbonyl (C=O) groups excluding carboxylic acids is 1. The minimum absolute atomic E-state index is 0.0476. The summed E-state index contributed by atoms with van der Waals surface area (Å²) < 4.78 is 5.54. The molecule has 0 atom stereocenters. The fourth-order valence-electron chi connectivity index (χ4n) is 3.92. The second-order valence-corrected chi connectivity index (χ2v) is 10.7. The number of cyclic esters (lactones) is 1. The number of hydrogen-bond donors (Lipinski definition) is 0. The first-order valence-electron chi connectivity index (χ1n) is 11.5. The summed E-state index contributed by atoms with van der Waals surface area (Å²) in [5.74, 6) is -0.136. The number of benzene rings is 3. The standard InChI is InChI=1S/C30H26N2O2S/c1-19-9-8-10-21-17-22(28(32-26(19)21)35-24-11-6-5-7-12-24)18-25-29(33)34-27(31-25)20-13-15-23(16-14-20)30(2,3)4/h5-18H,1-4H3.